The molecule has 1 amide bonds. The Balaban J connectivity index is 1.30. The van der Waals surface area contributed by atoms with Crippen LogP contribution in [0.4, 0.5) is 11.5 Å². The second-order valence-corrected chi connectivity index (χ2v) is 9.38. The van der Waals surface area contributed by atoms with E-state index in [1.807, 2.05) is 17.0 Å². The van der Waals surface area contributed by atoms with Crippen molar-refractivity contribution in [2.75, 3.05) is 36.4 Å². The molecule has 2 aliphatic heterocycles. The first-order chi connectivity index (χ1) is 15.0. The second kappa shape index (κ2) is 7.75. The van der Waals surface area contributed by atoms with Crippen LogP contribution >= 0.6 is 0 Å². The number of hydrogen-bond acceptors (Lipinski definition) is 7. The minimum Gasteiger partial charge on any atom is -0.354 e. The standard InChI is InChI=1S/C20H21N7O3S/c28-20-5-2-15-12-16(3-4-17(15)24-20)31(29,30)26-10-8-25(9-11-26)18-13-19(22-14-21-18)27-7-1-6-23-27/h1,3-4,6-7,12-14H,2,5,8-11H2,(H,24,28). The van der Waals surface area contributed by atoms with E-state index >= 15 is 0 Å². The Labute approximate surface area is 179 Å². The molecule has 11 heteroatoms. The van der Waals surface area contributed by atoms with Crippen LogP contribution in [0.15, 0.2) is 53.9 Å². The number of piperazine rings is 1. The number of rotatable bonds is 4. The molecule has 0 bridgehead atoms. The predicted molar refractivity (Wildman–Crippen MR) is 114 cm³/mol. The van der Waals surface area contributed by atoms with E-state index in [4.69, 9.17) is 0 Å². The molecule has 0 atom stereocenters. The molecule has 0 saturated carbocycles. The number of carbonyl (C=O) groups excluding carboxylic acids is 1. The molecule has 31 heavy (non-hydrogen) atoms. The van der Waals surface area contributed by atoms with E-state index in [0.29, 0.717) is 50.5 Å². The van der Waals surface area contributed by atoms with Gasteiger partial charge in [0.25, 0.3) is 0 Å². The number of aromatic nitrogens is 4. The number of benzene rings is 1. The lowest BCUT2D eigenvalue weighted by molar-refractivity contribution is -0.116. The SMILES string of the molecule is O=C1CCc2cc(S(=O)(=O)N3CCN(c4cc(-n5cccn5)ncn4)CC3)ccc2N1. The zero-order valence-corrected chi connectivity index (χ0v) is 17.5. The largest absolute Gasteiger partial charge is 0.354 e. The van der Waals surface area contributed by atoms with Crippen LogP contribution in [-0.4, -0.2) is 64.6 Å². The van der Waals surface area contributed by atoms with Crippen molar-refractivity contribution in [3.8, 4) is 5.82 Å². The van der Waals surface area contributed by atoms with Crippen molar-refractivity contribution in [1.29, 1.82) is 0 Å². The summed E-state index contributed by atoms with van der Waals surface area (Å²) in [5.41, 5.74) is 1.54. The maximum absolute atomic E-state index is 13.2. The third-order valence-corrected chi connectivity index (χ3v) is 7.44. The number of aryl methyl sites for hydroxylation is 1. The summed E-state index contributed by atoms with van der Waals surface area (Å²) in [6, 6.07) is 8.58. The molecule has 0 spiro atoms. The Hall–Kier alpha value is -3.31. The van der Waals surface area contributed by atoms with Crippen molar-refractivity contribution in [1.82, 2.24) is 24.1 Å². The topological polar surface area (TPSA) is 113 Å². The Morgan fingerprint density at radius 1 is 0.968 bits per heavy atom. The van der Waals surface area contributed by atoms with Crippen molar-refractivity contribution < 1.29 is 13.2 Å². The van der Waals surface area contributed by atoms with Gasteiger partial charge in [0.1, 0.15) is 12.1 Å². The number of nitrogens with one attached hydrogen (secondary N) is 1. The number of sulfonamides is 1. The highest BCUT2D eigenvalue weighted by Crippen LogP contribution is 2.28. The van der Waals surface area contributed by atoms with Crippen LogP contribution in [-0.2, 0) is 21.2 Å². The van der Waals surface area contributed by atoms with E-state index in [1.54, 1.807) is 35.3 Å². The second-order valence-electron chi connectivity index (χ2n) is 7.44. The van der Waals surface area contributed by atoms with Gasteiger partial charge in [0, 0.05) is 56.7 Å². The van der Waals surface area contributed by atoms with E-state index in [2.05, 4.69) is 20.4 Å². The number of anilines is 2. The van der Waals surface area contributed by atoms with Crippen molar-refractivity contribution >= 4 is 27.4 Å². The predicted octanol–water partition coefficient (Wildman–Crippen LogP) is 1.06. The Morgan fingerprint density at radius 2 is 1.77 bits per heavy atom. The van der Waals surface area contributed by atoms with Gasteiger partial charge < -0.3 is 10.2 Å². The van der Waals surface area contributed by atoms with E-state index in [9.17, 15) is 13.2 Å². The maximum atomic E-state index is 13.2. The minimum atomic E-state index is -3.61. The number of nitrogens with zero attached hydrogens (tertiary/aromatic N) is 6. The highest BCUT2D eigenvalue weighted by molar-refractivity contribution is 7.89. The van der Waals surface area contributed by atoms with Gasteiger partial charge in [-0.3, -0.25) is 4.79 Å². The van der Waals surface area contributed by atoms with Crippen LogP contribution in [0.25, 0.3) is 5.82 Å². The summed E-state index contributed by atoms with van der Waals surface area (Å²) >= 11 is 0. The number of amides is 1. The van der Waals surface area contributed by atoms with Crippen LogP contribution < -0.4 is 10.2 Å². The van der Waals surface area contributed by atoms with E-state index < -0.39 is 10.0 Å². The zero-order valence-electron chi connectivity index (χ0n) is 16.7. The lowest BCUT2D eigenvalue weighted by Gasteiger charge is -2.34. The summed E-state index contributed by atoms with van der Waals surface area (Å²) in [5, 5.41) is 6.97. The first kappa shape index (κ1) is 19.6. The molecule has 1 fully saturated rings. The summed E-state index contributed by atoms with van der Waals surface area (Å²) in [6.07, 6.45) is 5.89. The summed E-state index contributed by atoms with van der Waals surface area (Å²) in [5.74, 6) is 1.35. The monoisotopic (exact) mass is 439 g/mol. The maximum Gasteiger partial charge on any atom is 0.243 e. The van der Waals surface area contributed by atoms with Gasteiger partial charge in [-0.15, -0.1) is 0 Å². The normalized spacial score (nSPS) is 17.3. The number of carbonyl (C=O) groups is 1. The smallest absolute Gasteiger partial charge is 0.243 e. The van der Waals surface area contributed by atoms with Crippen molar-refractivity contribution in [3.63, 3.8) is 0 Å². The first-order valence-electron chi connectivity index (χ1n) is 10.0. The molecular formula is C20H21N7O3S. The molecule has 0 aliphatic carbocycles. The molecule has 1 aromatic carbocycles. The highest BCUT2D eigenvalue weighted by Gasteiger charge is 2.30. The summed E-state index contributed by atoms with van der Waals surface area (Å²) in [7, 11) is -3.61. The summed E-state index contributed by atoms with van der Waals surface area (Å²) < 4.78 is 29.5. The third-order valence-electron chi connectivity index (χ3n) is 5.55. The molecule has 0 unspecified atom stereocenters. The van der Waals surface area contributed by atoms with Crippen LogP contribution in [0.5, 0.6) is 0 Å². The fourth-order valence-electron chi connectivity index (χ4n) is 3.87. The van der Waals surface area contributed by atoms with Gasteiger partial charge in [0.2, 0.25) is 15.9 Å². The molecule has 3 aromatic rings. The summed E-state index contributed by atoms with van der Waals surface area (Å²) in [4.78, 5) is 22.4. The number of hydrogen-bond donors (Lipinski definition) is 1. The lowest BCUT2D eigenvalue weighted by atomic mass is 10.0. The van der Waals surface area contributed by atoms with Crippen molar-refractivity contribution in [2.24, 2.45) is 0 Å². The highest BCUT2D eigenvalue weighted by atomic mass is 32.2. The Bertz CT molecular complexity index is 1220. The van der Waals surface area contributed by atoms with Gasteiger partial charge in [-0.05, 0) is 36.2 Å². The Kier molecular flexibility index (Phi) is 4.91. The van der Waals surface area contributed by atoms with Gasteiger partial charge in [-0.1, -0.05) is 0 Å². The molecular weight excluding hydrogens is 418 g/mol. The molecule has 0 radical (unpaired) electrons. The Morgan fingerprint density at radius 3 is 2.55 bits per heavy atom. The first-order valence-corrected chi connectivity index (χ1v) is 11.4. The molecule has 160 valence electrons. The van der Waals surface area contributed by atoms with Crippen LogP contribution in [0.2, 0.25) is 0 Å². The quantitative estimate of drug-likeness (QED) is 0.647. The van der Waals surface area contributed by atoms with Crippen LogP contribution in [0, 0.1) is 0 Å². The average Bonchev–Trinajstić information content (AvgIpc) is 3.34. The number of fused-ring (bicyclic) bond motifs is 1. The van der Waals surface area contributed by atoms with Crippen molar-refractivity contribution in [2.45, 2.75) is 17.7 Å². The van der Waals surface area contributed by atoms with Gasteiger partial charge in [-0.25, -0.2) is 23.1 Å². The molecule has 10 nitrogen and oxygen atoms in total. The van der Waals surface area contributed by atoms with Crippen LogP contribution in [0.1, 0.15) is 12.0 Å². The van der Waals surface area contributed by atoms with Gasteiger partial charge in [0.05, 0.1) is 4.90 Å². The molecule has 1 N–H and O–H groups in total. The zero-order chi connectivity index (χ0) is 21.4. The molecule has 4 heterocycles. The fourth-order valence-corrected chi connectivity index (χ4v) is 5.34. The van der Waals surface area contributed by atoms with E-state index in [-0.39, 0.29) is 10.8 Å². The van der Waals surface area contributed by atoms with Gasteiger partial charge in [-0.2, -0.15) is 9.40 Å². The average molecular weight is 440 g/mol. The van der Waals surface area contributed by atoms with Gasteiger partial charge in [0.15, 0.2) is 5.82 Å². The summed E-state index contributed by atoms with van der Waals surface area (Å²) in [6.45, 7) is 1.76. The molecule has 2 aliphatic rings. The fraction of sp³-hybridized carbons (Fsp3) is 0.300. The van der Waals surface area contributed by atoms with Crippen LogP contribution in [0.3, 0.4) is 0 Å². The minimum absolute atomic E-state index is 0.0420. The van der Waals surface area contributed by atoms with E-state index in [1.165, 1.54) is 10.6 Å². The third kappa shape index (κ3) is 3.77. The van der Waals surface area contributed by atoms with Crippen molar-refractivity contribution in [3.05, 3.63) is 54.6 Å². The molecule has 2 aromatic heterocycles. The lowest BCUT2D eigenvalue weighted by Crippen LogP contribution is -2.49. The van der Waals surface area contributed by atoms with E-state index in [0.717, 1.165) is 11.4 Å². The molecule has 1 saturated heterocycles. The molecule has 5 rings (SSSR count). The van der Waals surface area contributed by atoms with Gasteiger partial charge >= 0.3 is 0 Å².